The minimum atomic E-state index is 0.120. The van der Waals surface area contributed by atoms with Gasteiger partial charge in [0.1, 0.15) is 4.83 Å². The number of aromatic nitrogens is 2. The average Bonchev–Trinajstić information content (AvgIpc) is 3.06. The van der Waals surface area contributed by atoms with Gasteiger partial charge < -0.3 is 0 Å². The van der Waals surface area contributed by atoms with Crippen molar-refractivity contribution in [3.05, 3.63) is 27.1 Å². The van der Waals surface area contributed by atoms with Crippen LogP contribution in [0.1, 0.15) is 23.3 Å². The molecule has 0 spiro atoms. The van der Waals surface area contributed by atoms with Crippen LogP contribution in [-0.4, -0.2) is 14.9 Å². The molecule has 0 bridgehead atoms. The lowest BCUT2D eigenvalue weighted by Gasteiger charge is -2.13. The molecule has 2 aromatic rings. The lowest BCUT2D eigenvalue weighted by molar-refractivity contribution is 0.463. The average molecular weight is 327 g/mol. The highest BCUT2D eigenvalue weighted by Crippen LogP contribution is 2.48. The van der Waals surface area contributed by atoms with Gasteiger partial charge in [0.05, 0.1) is 11.7 Å². The van der Waals surface area contributed by atoms with Crippen molar-refractivity contribution in [1.82, 2.24) is 9.55 Å². The van der Waals surface area contributed by atoms with Gasteiger partial charge >= 0.3 is 0 Å². The predicted octanol–water partition coefficient (Wildman–Crippen LogP) is 3.25. The Balaban J connectivity index is 2.11. The number of halogens is 1. The summed E-state index contributed by atoms with van der Waals surface area (Å²) < 4.78 is 1.79. The molecule has 1 saturated carbocycles. The topological polar surface area (TPSA) is 34.9 Å². The first kappa shape index (κ1) is 12.4. The first-order valence-electron chi connectivity index (χ1n) is 6.07. The fraction of sp³-hybridized carbons (Fsp3) is 0.538. The van der Waals surface area contributed by atoms with Crippen molar-refractivity contribution in [3.63, 3.8) is 0 Å². The maximum atomic E-state index is 12.5. The van der Waals surface area contributed by atoms with Crippen LogP contribution in [0.3, 0.4) is 0 Å². The summed E-state index contributed by atoms with van der Waals surface area (Å²) in [6.07, 6.45) is 4.11. The molecule has 18 heavy (non-hydrogen) atoms. The normalized spacial score (nSPS) is 17.3. The Morgan fingerprint density at radius 1 is 1.50 bits per heavy atom. The summed E-state index contributed by atoms with van der Waals surface area (Å²) in [5.41, 5.74) is 1.50. The van der Waals surface area contributed by atoms with E-state index in [4.69, 9.17) is 0 Å². The third-order valence-corrected chi connectivity index (χ3v) is 6.21. The molecule has 2 heterocycles. The zero-order valence-electron chi connectivity index (χ0n) is 10.5. The van der Waals surface area contributed by atoms with Gasteiger partial charge in [-0.2, -0.15) is 0 Å². The van der Waals surface area contributed by atoms with Crippen molar-refractivity contribution in [2.45, 2.75) is 33.2 Å². The maximum Gasteiger partial charge on any atom is 0.262 e. The Morgan fingerprint density at radius 3 is 2.83 bits per heavy atom. The van der Waals surface area contributed by atoms with E-state index in [1.54, 1.807) is 22.2 Å². The second kappa shape index (κ2) is 4.17. The molecular formula is C13H15BrN2OS. The highest BCUT2D eigenvalue weighted by molar-refractivity contribution is 9.09. The molecule has 0 radical (unpaired) electrons. The summed E-state index contributed by atoms with van der Waals surface area (Å²) in [6, 6.07) is 0. The molecule has 0 N–H and O–H groups in total. The smallest absolute Gasteiger partial charge is 0.262 e. The maximum absolute atomic E-state index is 12.5. The molecule has 2 aromatic heterocycles. The molecule has 5 heteroatoms. The number of hydrogen-bond donors (Lipinski definition) is 0. The van der Waals surface area contributed by atoms with E-state index in [1.165, 1.54) is 17.7 Å². The number of hydrogen-bond acceptors (Lipinski definition) is 3. The molecule has 0 unspecified atom stereocenters. The van der Waals surface area contributed by atoms with Crippen molar-refractivity contribution in [2.75, 3.05) is 5.33 Å². The van der Waals surface area contributed by atoms with Gasteiger partial charge in [0.2, 0.25) is 0 Å². The monoisotopic (exact) mass is 326 g/mol. The highest BCUT2D eigenvalue weighted by Gasteiger charge is 2.42. The number of nitrogens with zero attached hydrogens (tertiary/aromatic N) is 2. The van der Waals surface area contributed by atoms with Crippen molar-refractivity contribution < 1.29 is 0 Å². The molecule has 0 saturated heterocycles. The van der Waals surface area contributed by atoms with Crippen molar-refractivity contribution in [1.29, 1.82) is 0 Å². The zero-order chi connectivity index (χ0) is 12.9. The van der Waals surface area contributed by atoms with E-state index in [-0.39, 0.29) is 11.0 Å². The summed E-state index contributed by atoms with van der Waals surface area (Å²) in [7, 11) is 0. The van der Waals surface area contributed by atoms with Crippen LogP contribution in [0.2, 0.25) is 0 Å². The van der Waals surface area contributed by atoms with E-state index in [9.17, 15) is 4.79 Å². The molecule has 96 valence electrons. The predicted molar refractivity (Wildman–Crippen MR) is 78.8 cm³/mol. The molecule has 3 nitrogen and oxygen atoms in total. The van der Waals surface area contributed by atoms with Crippen LogP contribution < -0.4 is 5.56 Å². The summed E-state index contributed by atoms with van der Waals surface area (Å²) in [4.78, 5) is 19.0. The van der Waals surface area contributed by atoms with Gasteiger partial charge in [0.25, 0.3) is 5.56 Å². The fourth-order valence-corrected chi connectivity index (χ4v) is 3.98. The van der Waals surface area contributed by atoms with E-state index in [0.29, 0.717) is 0 Å². The molecule has 0 atom stereocenters. The quantitative estimate of drug-likeness (QED) is 0.811. The molecular weight excluding hydrogens is 312 g/mol. The highest BCUT2D eigenvalue weighted by atomic mass is 79.9. The van der Waals surface area contributed by atoms with E-state index >= 15 is 0 Å². The molecule has 1 fully saturated rings. The lowest BCUT2D eigenvalue weighted by atomic mass is 10.1. The van der Waals surface area contributed by atoms with Crippen LogP contribution >= 0.6 is 27.3 Å². The summed E-state index contributed by atoms with van der Waals surface area (Å²) in [5.74, 6) is 0. The van der Waals surface area contributed by atoms with E-state index in [0.717, 1.165) is 27.7 Å². The third kappa shape index (κ3) is 1.84. The first-order chi connectivity index (χ1) is 8.56. The van der Waals surface area contributed by atoms with Crippen LogP contribution in [0.25, 0.3) is 10.2 Å². The lowest BCUT2D eigenvalue weighted by Crippen LogP contribution is -2.25. The first-order valence-corrected chi connectivity index (χ1v) is 8.01. The van der Waals surface area contributed by atoms with Gasteiger partial charge in [-0.25, -0.2) is 4.98 Å². The summed E-state index contributed by atoms with van der Waals surface area (Å²) in [6.45, 7) is 4.85. The van der Waals surface area contributed by atoms with Crippen LogP contribution in [0.5, 0.6) is 0 Å². The van der Waals surface area contributed by atoms with Crippen LogP contribution in [0, 0.1) is 19.3 Å². The van der Waals surface area contributed by atoms with Crippen LogP contribution in [-0.2, 0) is 6.54 Å². The summed E-state index contributed by atoms with van der Waals surface area (Å²) >= 11 is 5.16. The van der Waals surface area contributed by atoms with E-state index < -0.39 is 0 Å². The van der Waals surface area contributed by atoms with Crippen molar-refractivity contribution in [3.8, 4) is 0 Å². The number of alkyl halides is 1. The zero-order valence-corrected chi connectivity index (χ0v) is 12.9. The Kier molecular flexibility index (Phi) is 2.86. The second-order valence-electron chi connectivity index (χ2n) is 5.27. The third-order valence-electron chi connectivity index (χ3n) is 3.90. The molecule has 1 aliphatic carbocycles. The van der Waals surface area contributed by atoms with Crippen molar-refractivity contribution in [2.24, 2.45) is 5.41 Å². The van der Waals surface area contributed by atoms with Gasteiger partial charge in [-0.1, -0.05) is 15.9 Å². The number of rotatable bonds is 3. The summed E-state index contributed by atoms with van der Waals surface area (Å²) in [5, 5.41) is 1.77. The van der Waals surface area contributed by atoms with Crippen molar-refractivity contribution >= 4 is 37.5 Å². The Bertz CT molecular complexity index is 669. The minimum absolute atomic E-state index is 0.120. The fourth-order valence-electron chi connectivity index (χ4n) is 2.25. The Hall–Kier alpha value is -0.680. The van der Waals surface area contributed by atoms with Crippen LogP contribution in [0.15, 0.2) is 11.1 Å². The molecule has 3 rings (SSSR count). The van der Waals surface area contributed by atoms with Gasteiger partial charge in [-0.3, -0.25) is 9.36 Å². The number of aryl methyl sites for hydroxylation is 2. The Labute approximate surface area is 118 Å². The van der Waals surface area contributed by atoms with E-state index in [2.05, 4.69) is 20.9 Å². The molecule has 0 aliphatic heterocycles. The largest absolute Gasteiger partial charge is 0.298 e. The van der Waals surface area contributed by atoms with Gasteiger partial charge in [0.15, 0.2) is 0 Å². The standard InChI is InChI=1S/C13H15BrN2OS/c1-8-9(2)18-11-10(8)12(17)16(7-15-11)6-13(5-14)3-4-13/h7H,3-6H2,1-2H3. The number of fused-ring (bicyclic) bond motifs is 1. The minimum Gasteiger partial charge on any atom is -0.298 e. The van der Waals surface area contributed by atoms with E-state index in [1.807, 2.05) is 13.8 Å². The molecule has 1 aliphatic rings. The molecule has 0 aromatic carbocycles. The van der Waals surface area contributed by atoms with Crippen LogP contribution in [0.4, 0.5) is 0 Å². The van der Waals surface area contributed by atoms with Gasteiger partial charge in [0, 0.05) is 16.8 Å². The number of thiophene rings is 1. The SMILES string of the molecule is Cc1sc2ncn(CC3(CBr)CC3)c(=O)c2c1C. The molecule has 0 amide bonds. The Morgan fingerprint density at radius 2 is 2.22 bits per heavy atom. The van der Waals surface area contributed by atoms with Gasteiger partial charge in [-0.05, 0) is 37.7 Å². The second-order valence-corrected chi connectivity index (χ2v) is 7.04. The van der Waals surface area contributed by atoms with Gasteiger partial charge in [-0.15, -0.1) is 11.3 Å².